The molecule has 2 aromatic rings. The number of thiophene rings is 1. The van der Waals surface area contributed by atoms with Crippen LogP contribution in [-0.4, -0.2) is 18.0 Å². The number of amides is 1. The summed E-state index contributed by atoms with van der Waals surface area (Å²) in [6.45, 7) is 0.429. The lowest BCUT2D eigenvalue weighted by Gasteiger charge is -2.07. The fourth-order valence-electron chi connectivity index (χ4n) is 2.96. The monoisotopic (exact) mass is 330 g/mol. The number of nitrogens with zero attached hydrogens (tertiary/aromatic N) is 1. The van der Waals surface area contributed by atoms with Gasteiger partial charge in [0.15, 0.2) is 0 Å². The van der Waals surface area contributed by atoms with Crippen molar-refractivity contribution >= 4 is 17.2 Å². The van der Waals surface area contributed by atoms with E-state index in [1.54, 1.807) is 24.6 Å². The van der Waals surface area contributed by atoms with Crippen molar-refractivity contribution in [3.8, 4) is 5.88 Å². The minimum Gasteiger partial charge on any atom is -0.481 e. The topological polar surface area (TPSA) is 51.2 Å². The van der Waals surface area contributed by atoms with Crippen LogP contribution in [0.15, 0.2) is 24.4 Å². The Hall–Kier alpha value is -1.88. The summed E-state index contributed by atoms with van der Waals surface area (Å²) in [6.07, 6.45) is 8.99. The lowest BCUT2D eigenvalue weighted by atomic mass is 10.00. The second-order valence-electron chi connectivity index (χ2n) is 5.83. The number of pyridine rings is 1. The molecule has 1 aliphatic carbocycles. The summed E-state index contributed by atoms with van der Waals surface area (Å²) >= 11 is 1.65. The summed E-state index contributed by atoms with van der Waals surface area (Å²) in [7, 11) is 1.59. The summed E-state index contributed by atoms with van der Waals surface area (Å²) in [5.41, 5.74) is 2.26. The zero-order valence-electron chi connectivity index (χ0n) is 13.4. The van der Waals surface area contributed by atoms with Crippen molar-refractivity contribution < 1.29 is 9.53 Å². The van der Waals surface area contributed by atoms with Gasteiger partial charge in [0, 0.05) is 23.2 Å². The third kappa shape index (κ3) is 3.91. The van der Waals surface area contributed by atoms with Crippen LogP contribution in [-0.2, 0) is 19.4 Å². The predicted octanol–water partition coefficient (Wildman–Crippen LogP) is 3.74. The van der Waals surface area contributed by atoms with Crippen LogP contribution in [0.3, 0.4) is 0 Å². The van der Waals surface area contributed by atoms with Crippen molar-refractivity contribution in [2.45, 2.75) is 45.1 Å². The minimum absolute atomic E-state index is 0.00680. The highest BCUT2D eigenvalue weighted by Gasteiger charge is 2.16. The lowest BCUT2D eigenvalue weighted by molar-refractivity contribution is 0.0954. The molecule has 4 nitrogen and oxygen atoms in total. The molecule has 0 spiro atoms. The second kappa shape index (κ2) is 7.59. The van der Waals surface area contributed by atoms with Crippen molar-refractivity contribution in [3.05, 3.63) is 45.3 Å². The third-order valence-electron chi connectivity index (χ3n) is 4.20. The van der Waals surface area contributed by atoms with Crippen molar-refractivity contribution in [1.82, 2.24) is 10.3 Å². The Bertz CT molecular complexity index is 656. The Morgan fingerprint density at radius 1 is 1.30 bits per heavy atom. The average Bonchev–Trinajstić information content (AvgIpc) is 2.95. The van der Waals surface area contributed by atoms with Gasteiger partial charge in [-0.3, -0.25) is 4.79 Å². The van der Waals surface area contributed by atoms with Gasteiger partial charge >= 0.3 is 0 Å². The van der Waals surface area contributed by atoms with Gasteiger partial charge in [-0.2, -0.15) is 0 Å². The van der Waals surface area contributed by atoms with E-state index in [0.29, 0.717) is 12.4 Å². The number of aromatic nitrogens is 1. The van der Waals surface area contributed by atoms with E-state index in [1.165, 1.54) is 36.1 Å². The van der Waals surface area contributed by atoms with Crippen molar-refractivity contribution in [3.63, 3.8) is 0 Å². The molecular formula is C18H22N2O2S. The fraction of sp³-hybridized carbons (Fsp3) is 0.444. The smallest absolute Gasteiger partial charge is 0.261 e. The molecule has 0 radical (unpaired) electrons. The van der Waals surface area contributed by atoms with E-state index in [-0.39, 0.29) is 5.91 Å². The van der Waals surface area contributed by atoms with E-state index in [0.717, 1.165) is 23.3 Å². The van der Waals surface area contributed by atoms with E-state index >= 15 is 0 Å². The second-order valence-corrected chi connectivity index (χ2v) is 6.96. The predicted molar refractivity (Wildman–Crippen MR) is 92.2 cm³/mol. The molecular weight excluding hydrogens is 308 g/mol. The van der Waals surface area contributed by atoms with E-state index in [1.807, 2.05) is 12.1 Å². The average molecular weight is 330 g/mol. The van der Waals surface area contributed by atoms with Gasteiger partial charge in [-0.15, -0.1) is 11.3 Å². The molecule has 0 aliphatic heterocycles. The Kier molecular flexibility index (Phi) is 5.28. The molecule has 3 rings (SSSR count). The number of rotatable bonds is 4. The first-order valence-corrected chi connectivity index (χ1v) is 8.97. The number of hydrogen-bond acceptors (Lipinski definition) is 4. The normalized spacial score (nSPS) is 14.5. The Morgan fingerprint density at radius 2 is 2.13 bits per heavy atom. The van der Waals surface area contributed by atoms with Crippen LogP contribution in [0.4, 0.5) is 0 Å². The molecule has 0 fully saturated rings. The van der Waals surface area contributed by atoms with Crippen LogP contribution in [0.2, 0.25) is 0 Å². The van der Waals surface area contributed by atoms with E-state index < -0.39 is 0 Å². The summed E-state index contributed by atoms with van der Waals surface area (Å²) in [5, 5.41) is 2.98. The zero-order valence-corrected chi connectivity index (χ0v) is 14.2. The van der Waals surface area contributed by atoms with E-state index in [4.69, 9.17) is 4.74 Å². The van der Waals surface area contributed by atoms with Crippen LogP contribution in [0.5, 0.6) is 5.88 Å². The first kappa shape index (κ1) is 16.0. The SMILES string of the molecule is COc1ncccc1CNC(=O)c1cc2c(s1)CCCCCC2. The standard InChI is InChI=1S/C18H22N2O2S/c1-22-18-14(8-6-10-19-18)12-20-17(21)16-11-13-7-4-2-3-5-9-15(13)23-16/h6,8,10-11H,2-5,7,9,12H2,1H3,(H,20,21). The molecule has 2 aromatic heterocycles. The number of carbonyl (C=O) groups excluding carboxylic acids is 1. The number of fused-ring (bicyclic) bond motifs is 1. The third-order valence-corrected chi connectivity index (χ3v) is 5.44. The van der Waals surface area contributed by atoms with Crippen LogP contribution >= 0.6 is 11.3 Å². The van der Waals surface area contributed by atoms with Gasteiger partial charge in [0.25, 0.3) is 5.91 Å². The molecule has 1 N–H and O–H groups in total. The summed E-state index contributed by atoms with van der Waals surface area (Å²) < 4.78 is 5.22. The highest BCUT2D eigenvalue weighted by Crippen LogP contribution is 2.28. The van der Waals surface area contributed by atoms with Gasteiger partial charge < -0.3 is 10.1 Å². The van der Waals surface area contributed by atoms with Crippen molar-refractivity contribution in [1.29, 1.82) is 0 Å². The first-order chi connectivity index (χ1) is 11.3. The highest BCUT2D eigenvalue weighted by atomic mass is 32.1. The lowest BCUT2D eigenvalue weighted by Crippen LogP contribution is -2.22. The van der Waals surface area contributed by atoms with Gasteiger partial charge in [-0.1, -0.05) is 18.9 Å². The van der Waals surface area contributed by atoms with E-state index in [2.05, 4.69) is 16.4 Å². The zero-order chi connectivity index (χ0) is 16.1. The van der Waals surface area contributed by atoms with Gasteiger partial charge in [-0.05, 0) is 43.4 Å². The fourth-order valence-corrected chi connectivity index (χ4v) is 4.13. The van der Waals surface area contributed by atoms with Crippen LogP contribution in [0.1, 0.15) is 51.4 Å². The molecule has 23 heavy (non-hydrogen) atoms. The maximum absolute atomic E-state index is 12.4. The molecule has 0 bridgehead atoms. The molecule has 1 aliphatic rings. The molecule has 0 unspecified atom stereocenters. The quantitative estimate of drug-likeness (QED) is 0.929. The number of carbonyl (C=O) groups is 1. The van der Waals surface area contributed by atoms with Crippen molar-refractivity contribution in [2.24, 2.45) is 0 Å². The molecule has 2 heterocycles. The molecule has 0 saturated carbocycles. The molecule has 5 heteroatoms. The number of aryl methyl sites for hydroxylation is 2. The summed E-state index contributed by atoms with van der Waals surface area (Å²) in [4.78, 5) is 18.8. The summed E-state index contributed by atoms with van der Waals surface area (Å²) in [6, 6.07) is 5.85. The van der Waals surface area contributed by atoms with Crippen LogP contribution in [0, 0.1) is 0 Å². The molecule has 122 valence electrons. The number of ether oxygens (including phenoxy) is 1. The Labute approximate surface area is 140 Å². The largest absolute Gasteiger partial charge is 0.481 e. The summed E-state index contributed by atoms with van der Waals surface area (Å²) in [5.74, 6) is 0.555. The number of methoxy groups -OCH3 is 1. The van der Waals surface area contributed by atoms with Crippen molar-refractivity contribution in [2.75, 3.05) is 7.11 Å². The molecule has 1 amide bonds. The molecule has 0 saturated heterocycles. The van der Waals surface area contributed by atoms with Crippen LogP contribution < -0.4 is 10.1 Å². The minimum atomic E-state index is -0.00680. The maximum atomic E-state index is 12.4. The Balaban J connectivity index is 1.67. The van der Waals surface area contributed by atoms with Crippen LogP contribution in [0.25, 0.3) is 0 Å². The van der Waals surface area contributed by atoms with Gasteiger partial charge in [0.2, 0.25) is 5.88 Å². The molecule has 0 atom stereocenters. The Morgan fingerprint density at radius 3 is 2.96 bits per heavy atom. The number of hydrogen-bond donors (Lipinski definition) is 1. The maximum Gasteiger partial charge on any atom is 0.261 e. The first-order valence-electron chi connectivity index (χ1n) is 8.15. The number of nitrogens with one attached hydrogen (secondary N) is 1. The molecule has 0 aromatic carbocycles. The van der Waals surface area contributed by atoms with Gasteiger partial charge in [0.1, 0.15) is 0 Å². The van der Waals surface area contributed by atoms with Gasteiger partial charge in [0.05, 0.1) is 12.0 Å². The van der Waals surface area contributed by atoms with Gasteiger partial charge in [-0.25, -0.2) is 4.98 Å². The highest BCUT2D eigenvalue weighted by molar-refractivity contribution is 7.14. The van der Waals surface area contributed by atoms with E-state index in [9.17, 15) is 4.79 Å².